The van der Waals surface area contributed by atoms with Crippen molar-refractivity contribution in [3.63, 3.8) is 0 Å². The molecule has 1 spiro atoms. The molecule has 336 valence electrons. The van der Waals surface area contributed by atoms with Gasteiger partial charge in [0, 0.05) is 20.2 Å². The van der Waals surface area contributed by atoms with Gasteiger partial charge in [0.1, 0.15) is 29.2 Å². The maximum atomic E-state index is 13.4. The molecule has 0 bridgehead atoms. The van der Waals surface area contributed by atoms with Crippen LogP contribution in [0.1, 0.15) is 72.8 Å². The number of hydrogen-bond acceptors (Lipinski definition) is 15. The summed E-state index contributed by atoms with van der Waals surface area (Å²) in [7, 11) is 1.64. The highest BCUT2D eigenvalue weighted by atomic mass is 16.6. The second-order valence-corrected chi connectivity index (χ2v) is 16.7. The summed E-state index contributed by atoms with van der Waals surface area (Å²) in [6.45, 7) is 13.6. The number of epoxide rings is 2. The van der Waals surface area contributed by atoms with Crippen LogP contribution in [-0.4, -0.2) is 137 Å². The minimum Gasteiger partial charge on any atom is -0.443 e. The number of carbonyl (C=O) groups is 5. The molecule has 2 saturated heterocycles. The van der Waals surface area contributed by atoms with E-state index in [1.807, 2.05) is 44.2 Å². The van der Waals surface area contributed by atoms with Crippen LogP contribution in [0.15, 0.2) is 42.0 Å². The first-order valence-electron chi connectivity index (χ1n) is 21.1. The number of rotatable bonds is 29. The number of carbonyl (C=O) groups excluding carboxylic acids is 5. The van der Waals surface area contributed by atoms with Crippen LogP contribution in [0.25, 0.3) is 0 Å². The van der Waals surface area contributed by atoms with Crippen LogP contribution in [0.5, 0.6) is 0 Å². The van der Waals surface area contributed by atoms with Crippen LogP contribution in [0.3, 0.4) is 0 Å². The van der Waals surface area contributed by atoms with E-state index >= 15 is 0 Å². The van der Waals surface area contributed by atoms with E-state index in [0.717, 1.165) is 18.4 Å². The monoisotopic (exact) mass is 844 g/mol. The van der Waals surface area contributed by atoms with Gasteiger partial charge in [0.15, 0.2) is 0 Å². The fourth-order valence-electron chi connectivity index (χ4n) is 7.78. The number of ether oxygens (including phenoxy) is 6. The molecule has 2 heterocycles. The third-order valence-corrected chi connectivity index (χ3v) is 11.0. The summed E-state index contributed by atoms with van der Waals surface area (Å²) in [5.41, 5.74) is 12.6. The number of benzene rings is 1. The third kappa shape index (κ3) is 15.4. The molecule has 1 saturated carbocycles. The van der Waals surface area contributed by atoms with Gasteiger partial charge in [-0.2, -0.15) is 0 Å². The largest absolute Gasteiger partial charge is 0.443 e. The van der Waals surface area contributed by atoms with Crippen LogP contribution in [-0.2, 0) is 54.0 Å². The van der Waals surface area contributed by atoms with E-state index in [0.29, 0.717) is 26.1 Å². The second kappa shape index (κ2) is 24.1. The van der Waals surface area contributed by atoms with E-state index < -0.39 is 41.4 Å². The van der Waals surface area contributed by atoms with E-state index in [2.05, 4.69) is 59.2 Å². The minimum atomic E-state index is -0.904. The molecule has 17 heteroatoms. The molecule has 0 radical (unpaired) electrons. The number of hydrazine groups is 2. The lowest BCUT2D eigenvalue weighted by Gasteiger charge is -2.42. The number of Topliss-reactive ketones (excluding diaryl/α,β-unsaturated/α-hetero) is 3. The zero-order chi connectivity index (χ0) is 43.7. The van der Waals surface area contributed by atoms with Crippen molar-refractivity contribution < 1.29 is 52.4 Å². The molecular weight excluding hydrogens is 777 g/mol. The lowest BCUT2D eigenvalue weighted by molar-refractivity contribution is -0.139. The smallest absolute Gasteiger partial charge is 0.407 e. The summed E-state index contributed by atoms with van der Waals surface area (Å²) in [6, 6.07) is 7.49. The van der Waals surface area contributed by atoms with Gasteiger partial charge < -0.3 is 39.1 Å². The zero-order valence-corrected chi connectivity index (χ0v) is 36.4. The molecule has 1 aromatic carbocycles. The van der Waals surface area contributed by atoms with Crippen molar-refractivity contribution >= 4 is 29.4 Å². The van der Waals surface area contributed by atoms with Gasteiger partial charge in [0.25, 0.3) is 0 Å². The summed E-state index contributed by atoms with van der Waals surface area (Å²) in [5, 5.41) is 5.49. The maximum absolute atomic E-state index is 13.4. The maximum Gasteiger partial charge on any atom is 0.407 e. The average Bonchev–Trinajstić information content (AvgIpc) is 4.13. The van der Waals surface area contributed by atoms with Crippen LogP contribution in [0, 0.1) is 11.8 Å². The number of hydrogen-bond donors (Lipinski definition) is 6. The molecule has 60 heavy (non-hydrogen) atoms. The third-order valence-electron chi connectivity index (χ3n) is 11.0. The molecular formula is C43H68N6O11. The second-order valence-electron chi connectivity index (χ2n) is 16.7. The molecule has 3 aliphatic rings. The number of ketones is 3. The van der Waals surface area contributed by atoms with Gasteiger partial charge in [0.2, 0.25) is 17.5 Å². The lowest BCUT2D eigenvalue weighted by atomic mass is 9.68. The summed E-state index contributed by atoms with van der Waals surface area (Å²) in [4.78, 5) is 63.4. The van der Waals surface area contributed by atoms with Crippen LogP contribution in [0.4, 0.5) is 4.79 Å². The number of methoxy groups -OCH3 is 1. The number of alkyl carbamates (subject to hydrolysis) is 1. The molecule has 4 rings (SSSR count). The van der Waals surface area contributed by atoms with E-state index in [1.54, 1.807) is 7.11 Å². The van der Waals surface area contributed by atoms with Crippen molar-refractivity contribution in [3.8, 4) is 0 Å². The van der Waals surface area contributed by atoms with Crippen LogP contribution >= 0.6 is 0 Å². The topological polar surface area (TPSA) is 220 Å². The van der Waals surface area contributed by atoms with Crippen LogP contribution < -0.4 is 32.3 Å². The fourth-order valence-corrected chi connectivity index (χ4v) is 7.78. The summed E-state index contributed by atoms with van der Waals surface area (Å²) < 4.78 is 35.1. The Labute approximate surface area is 354 Å². The zero-order valence-electron chi connectivity index (χ0n) is 36.4. The standard InChI is InChI=1S/C43H68N6O11/c1-28(2)13-14-35-42(6,60-35)40-39(55-7)34(15-16-43(40)27-58-43)59-41(54)45-18-20-57-22-21-56-19-17-44-36(51)26-47-48-32(23-29(3)4)37(52)38(53)33(49-46-25-30(5)50)24-31-11-9-8-10-12-31/h8-13,29,32-35,39-40,46-49H,14-27H2,1-7H3,(H,44,51)(H,45,54)/t32-,33-,34?,35+,39?,40?,42?,43-/m0/s1. The SMILES string of the molecule is COC1C(OC(=O)NCCOCCOCCNC(=O)CNN[C@@H](CC(C)C)C(=O)C(=O)[C@H](Cc2ccccc2)NNCC(C)=O)CC[C@]2(CO2)C1C1(C)O[C@@H]1CC=C(C)C. The van der Waals surface area contributed by atoms with E-state index in [4.69, 9.17) is 28.4 Å². The molecule has 2 amide bonds. The molecule has 3 fully saturated rings. The van der Waals surface area contributed by atoms with Gasteiger partial charge in [-0.25, -0.2) is 26.5 Å². The van der Waals surface area contributed by atoms with E-state index in [1.165, 1.54) is 12.5 Å². The molecule has 4 unspecified atom stereocenters. The Morgan fingerprint density at radius 2 is 1.52 bits per heavy atom. The van der Waals surface area contributed by atoms with Gasteiger partial charge in [-0.05, 0) is 71.3 Å². The Balaban J connectivity index is 1.07. The van der Waals surface area contributed by atoms with Crippen molar-refractivity contribution in [2.45, 2.75) is 115 Å². The summed E-state index contributed by atoms with van der Waals surface area (Å²) in [6.07, 6.45) is 3.76. The Bertz CT molecular complexity index is 1590. The Morgan fingerprint density at radius 1 is 0.883 bits per heavy atom. The Hall–Kier alpha value is -3.65. The van der Waals surface area contributed by atoms with Crippen LogP contribution in [0.2, 0.25) is 0 Å². The van der Waals surface area contributed by atoms with Crippen molar-refractivity contribution in [1.82, 2.24) is 32.3 Å². The fraction of sp³-hybridized carbons (Fsp3) is 0.698. The van der Waals surface area contributed by atoms with Crippen molar-refractivity contribution in [1.29, 1.82) is 0 Å². The highest BCUT2D eigenvalue weighted by Crippen LogP contribution is 2.59. The first kappa shape index (κ1) is 49.0. The van der Waals surface area contributed by atoms with Crippen molar-refractivity contribution in [2.24, 2.45) is 11.8 Å². The molecule has 6 N–H and O–H groups in total. The van der Waals surface area contributed by atoms with E-state index in [9.17, 15) is 24.0 Å². The van der Waals surface area contributed by atoms with Crippen molar-refractivity contribution in [3.05, 3.63) is 47.5 Å². The highest BCUT2D eigenvalue weighted by molar-refractivity contribution is 6.41. The number of nitrogens with one attached hydrogen (secondary N) is 6. The molecule has 8 atom stereocenters. The predicted octanol–water partition coefficient (Wildman–Crippen LogP) is 1.88. The minimum absolute atomic E-state index is 0.00245. The quantitative estimate of drug-likeness (QED) is 0.0223. The molecule has 1 aromatic rings. The summed E-state index contributed by atoms with van der Waals surface area (Å²) in [5.74, 6) is -1.72. The van der Waals surface area contributed by atoms with Gasteiger partial charge in [-0.15, -0.1) is 0 Å². The first-order chi connectivity index (χ1) is 28.7. The van der Waals surface area contributed by atoms with Gasteiger partial charge in [-0.3, -0.25) is 19.2 Å². The van der Waals surface area contributed by atoms with Gasteiger partial charge in [0.05, 0.1) is 70.2 Å². The lowest BCUT2D eigenvalue weighted by Crippen LogP contribution is -2.56. The van der Waals surface area contributed by atoms with Gasteiger partial charge in [-0.1, -0.05) is 55.8 Å². The number of amides is 2. The first-order valence-corrected chi connectivity index (χ1v) is 21.1. The molecule has 0 aromatic heterocycles. The Morgan fingerprint density at radius 3 is 2.13 bits per heavy atom. The van der Waals surface area contributed by atoms with Crippen molar-refractivity contribution in [2.75, 3.05) is 66.3 Å². The molecule has 17 nitrogen and oxygen atoms in total. The highest BCUT2D eigenvalue weighted by Gasteiger charge is 2.72. The molecule has 1 aliphatic carbocycles. The van der Waals surface area contributed by atoms with E-state index in [-0.39, 0.29) is 93.8 Å². The predicted molar refractivity (Wildman–Crippen MR) is 223 cm³/mol. The molecule has 2 aliphatic heterocycles. The summed E-state index contributed by atoms with van der Waals surface area (Å²) >= 11 is 0. The Kier molecular flexibility index (Phi) is 19.7. The number of allylic oxidation sites excluding steroid dienone is 1. The van der Waals surface area contributed by atoms with Gasteiger partial charge >= 0.3 is 6.09 Å². The average molecular weight is 845 g/mol. The normalized spacial score (nSPS) is 25.3.